The first-order chi connectivity index (χ1) is 17.5. The number of hydrogen-bond donors (Lipinski definition) is 3. The Morgan fingerprint density at radius 2 is 2.08 bits per heavy atom. The van der Waals surface area contributed by atoms with Crippen molar-refractivity contribution in [2.75, 3.05) is 42.3 Å². The molecule has 4 aromatic rings. The molecule has 0 radical (unpaired) electrons. The van der Waals surface area contributed by atoms with Crippen LogP contribution in [0, 0.1) is 5.92 Å². The Bertz CT molecular complexity index is 1450. The van der Waals surface area contributed by atoms with E-state index in [4.69, 9.17) is 14.8 Å². The zero-order chi connectivity index (χ0) is 24.8. The lowest BCUT2D eigenvalue weighted by molar-refractivity contribution is -0.117. The Labute approximate surface area is 207 Å². The van der Waals surface area contributed by atoms with Crippen molar-refractivity contribution >= 4 is 39.6 Å². The van der Waals surface area contributed by atoms with E-state index >= 15 is 0 Å². The van der Waals surface area contributed by atoms with Gasteiger partial charge in [0.25, 0.3) is 0 Å². The molecule has 186 valence electrons. The molecule has 1 saturated carbocycles. The predicted molar refractivity (Wildman–Crippen MR) is 136 cm³/mol. The number of fused-ring (bicyclic) bond motifs is 2. The van der Waals surface area contributed by atoms with Crippen molar-refractivity contribution in [3.63, 3.8) is 0 Å². The van der Waals surface area contributed by atoms with E-state index in [0.29, 0.717) is 36.3 Å². The number of carbonyl (C=O) groups is 1. The number of nitrogens with one attached hydrogen (secondary N) is 2. The number of rotatable bonds is 6. The fraction of sp³-hybridized carbons (Fsp3) is 0.400. The van der Waals surface area contributed by atoms with Crippen LogP contribution in [-0.2, 0) is 9.53 Å². The first-order valence-electron chi connectivity index (χ1n) is 12.2. The summed E-state index contributed by atoms with van der Waals surface area (Å²) in [6, 6.07) is 5.79. The second-order valence-electron chi connectivity index (χ2n) is 9.37. The molecule has 1 aliphatic heterocycles. The Morgan fingerprint density at radius 1 is 1.22 bits per heavy atom. The molecule has 2 atom stereocenters. The first-order valence-corrected chi connectivity index (χ1v) is 12.2. The van der Waals surface area contributed by atoms with Gasteiger partial charge in [-0.15, -0.1) is 5.10 Å². The van der Waals surface area contributed by atoms with Gasteiger partial charge in [-0.05, 0) is 38.0 Å². The highest BCUT2D eigenvalue weighted by molar-refractivity contribution is 6.03. The van der Waals surface area contributed by atoms with Crippen molar-refractivity contribution in [2.24, 2.45) is 5.92 Å². The van der Waals surface area contributed by atoms with Gasteiger partial charge in [0.15, 0.2) is 11.5 Å². The lowest BCUT2D eigenvalue weighted by Crippen LogP contribution is -2.47. The third-order valence-corrected chi connectivity index (χ3v) is 6.76. The second kappa shape index (κ2) is 8.99. The third-order valence-electron chi connectivity index (χ3n) is 6.76. The van der Waals surface area contributed by atoms with Crippen molar-refractivity contribution < 1.29 is 14.6 Å². The number of ether oxygens (including phenoxy) is 1. The summed E-state index contributed by atoms with van der Waals surface area (Å²) in [5.74, 6) is 1.81. The fourth-order valence-corrected chi connectivity index (χ4v) is 4.53. The van der Waals surface area contributed by atoms with Crippen molar-refractivity contribution in [2.45, 2.75) is 32.0 Å². The molecule has 1 saturated heterocycles. The Hall–Kier alpha value is -3.83. The number of amides is 1. The Morgan fingerprint density at radius 3 is 2.86 bits per heavy atom. The topological polar surface area (TPSA) is 130 Å². The van der Waals surface area contributed by atoms with Gasteiger partial charge in [0.2, 0.25) is 5.91 Å². The molecular weight excluding hydrogens is 460 g/mol. The lowest BCUT2D eigenvalue weighted by Gasteiger charge is -2.35. The summed E-state index contributed by atoms with van der Waals surface area (Å²) in [5.41, 5.74) is 2.44. The van der Waals surface area contributed by atoms with E-state index in [9.17, 15) is 9.90 Å². The van der Waals surface area contributed by atoms with Crippen molar-refractivity contribution in [3.8, 4) is 11.4 Å². The number of aliphatic hydroxyl groups is 1. The summed E-state index contributed by atoms with van der Waals surface area (Å²) in [6.45, 7) is 3.64. The number of anilines is 3. The summed E-state index contributed by atoms with van der Waals surface area (Å²) in [5, 5.41) is 22.4. The molecule has 1 amide bonds. The molecule has 11 nitrogen and oxygen atoms in total. The van der Waals surface area contributed by atoms with Gasteiger partial charge in [-0.2, -0.15) is 0 Å². The maximum absolute atomic E-state index is 12.3. The Balaban J connectivity index is 1.37. The van der Waals surface area contributed by atoms with Crippen LogP contribution in [0.15, 0.2) is 36.8 Å². The molecule has 1 aliphatic carbocycles. The summed E-state index contributed by atoms with van der Waals surface area (Å²) < 4.78 is 7.44. The monoisotopic (exact) mass is 488 g/mol. The van der Waals surface area contributed by atoms with E-state index < -0.39 is 6.10 Å². The summed E-state index contributed by atoms with van der Waals surface area (Å²) in [7, 11) is 1.81. The number of pyridine rings is 3. The molecule has 2 aliphatic rings. The molecule has 36 heavy (non-hydrogen) atoms. The average molecular weight is 489 g/mol. The molecule has 11 heteroatoms. The molecule has 0 spiro atoms. The summed E-state index contributed by atoms with van der Waals surface area (Å²) >= 11 is 0. The minimum absolute atomic E-state index is 0.00521. The van der Waals surface area contributed by atoms with Crippen LogP contribution >= 0.6 is 0 Å². The van der Waals surface area contributed by atoms with Gasteiger partial charge in [-0.3, -0.25) is 4.79 Å². The maximum Gasteiger partial charge on any atom is 0.228 e. The number of nitrogens with zero attached hydrogens (tertiary/aromatic N) is 6. The standard InChI is InChI=1S/C25H28N8O3/c1-14(34)20-13-32(7-8-36-20)16-5-6-22-30-24(31-33(22)12-16)19-11-28-23(26-2)18-10-27-21(9-17(18)19)29-25(35)15-3-4-15/h5-6,9-12,14-15,20,34H,3-4,7-8,13H2,1-2H3,(H,26,28)(H,27,29,35)/t14-,20-/m0/s1. The van der Waals surface area contributed by atoms with Crippen LogP contribution in [0.1, 0.15) is 19.8 Å². The van der Waals surface area contributed by atoms with Crippen molar-refractivity contribution in [1.29, 1.82) is 0 Å². The van der Waals surface area contributed by atoms with Crippen molar-refractivity contribution in [1.82, 2.24) is 24.6 Å². The van der Waals surface area contributed by atoms with Gasteiger partial charge in [0.05, 0.1) is 24.6 Å². The lowest BCUT2D eigenvalue weighted by atomic mass is 10.1. The molecular formula is C25H28N8O3. The average Bonchev–Trinajstić information content (AvgIpc) is 3.67. The quantitative estimate of drug-likeness (QED) is 0.374. The molecule has 6 rings (SSSR count). The highest BCUT2D eigenvalue weighted by Gasteiger charge is 2.30. The molecule has 3 N–H and O–H groups in total. The third kappa shape index (κ3) is 4.20. The minimum Gasteiger partial charge on any atom is -0.391 e. The number of carbonyl (C=O) groups excluding carboxylic acids is 1. The number of morpholine rings is 1. The summed E-state index contributed by atoms with van der Waals surface area (Å²) in [6.07, 6.45) is 6.48. The molecule has 0 aromatic carbocycles. The van der Waals surface area contributed by atoms with Crippen molar-refractivity contribution in [3.05, 3.63) is 36.8 Å². The van der Waals surface area contributed by atoms with E-state index in [1.807, 2.05) is 31.4 Å². The van der Waals surface area contributed by atoms with Crippen LogP contribution in [0.25, 0.3) is 27.8 Å². The highest BCUT2D eigenvalue weighted by Crippen LogP contribution is 2.33. The number of aromatic nitrogens is 5. The van der Waals surface area contributed by atoms with Crippen LogP contribution in [0.3, 0.4) is 0 Å². The van der Waals surface area contributed by atoms with Gasteiger partial charge in [0.1, 0.15) is 17.7 Å². The predicted octanol–water partition coefficient (Wildman–Crippen LogP) is 2.32. The van der Waals surface area contributed by atoms with Crippen LogP contribution in [0.2, 0.25) is 0 Å². The van der Waals surface area contributed by atoms with E-state index in [0.717, 1.165) is 41.4 Å². The largest absolute Gasteiger partial charge is 0.391 e. The minimum atomic E-state index is -0.538. The van der Waals surface area contributed by atoms with Gasteiger partial charge in [0, 0.05) is 54.8 Å². The second-order valence-corrected chi connectivity index (χ2v) is 9.37. The molecule has 2 fully saturated rings. The summed E-state index contributed by atoms with van der Waals surface area (Å²) in [4.78, 5) is 28.2. The SMILES string of the molecule is CNc1ncc(-c2nc3ccc(N4CCO[C@H]([C@H](C)O)C4)cn3n2)c2cc(NC(=O)C3CC3)ncc12. The van der Waals surface area contributed by atoms with E-state index in [1.54, 1.807) is 23.8 Å². The van der Waals surface area contributed by atoms with Crippen LogP contribution in [0.5, 0.6) is 0 Å². The van der Waals surface area contributed by atoms with Crippen LogP contribution in [-0.4, -0.2) is 74.5 Å². The smallest absolute Gasteiger partial charge is 0.228 e. The van der Waals surface area contributed by atoms with E-state index in [1.165, 1.54) is 0 Å². The van der Waals surface area contributed by atoms with E-state index in [-0.39, 0.29) is 17.9 Å². The normalized spacial score (nSPS) is 19.0. The van der Waals surface area contributed by atoms with Gasteiger partial charge in [-0.1, -0.05) is 0 Å². The number of aliphatic hydroxyl groups excluding tert-OH is 1. The molecule has 0 bridgehead atoms. The molecule has 5 heterocycles. The number of hydrogen-bond acceptors (Lipinski definition) is 9. The molecule has 0 unspecified atom stereocenters. The zero-order valence-electron chi connectivity index (χ0n) is 20.2. The molecule has 4 aromatic heterocycles. The van der Waals surface area contributed by atoms with Gasteiger partial charge in [-0.25, -0.2) is 19.5 Å². The fourth-order valence-electron chi connectivity index (χ4n) is 4.53. The Kier molecular flexibility index (Phi) is 5.65. The van der Waals surface area contributed by atoms with Gasteiger partial charge < -0.3 is 25.4 Å². The highest BCUT2D eigenvalue weighted by atomic mass is 16.5. The van der Waals surface area contributed by atoms with E-state index in [2.05, 4.69) is 25.5 Å². The first kappa shape index (κ1) is 22.6. The maximum atomic E-state index is 12.3. The van der Waals surface area contributed by atoms with Crippen LogP contribution < -0.4 is 15.5 Å². The van der Waals surface area contributed by atoms with Gasteiger partial charge >= 0.3 is 0 Å². The van der Waals surface area contributed by atoms with Crippen LogP contribution in [0.4, 0.5) is 17.3 Å². The zero-order valence-corrected chi connectivity index (χ0v) is 20.2.